The predicted octanol–water partition coefficient (Wildman–Crippen LogP) is 2.01. The van der Waals surface area contributed by atoms with Crippen molar-refractivity contribution in [3.63, 3.8) is 0 Å². The third-order valence-electron chi connectivity index (χ3n) is 4.02. The summed E-state index contributed by atoms with van der Waals surface area (Å²) in [4.78, 5) is 48.3. The molecule has 1 aliphatic rings. The molecular formula is C20H20O8. The van der Waals surface area contributed by atoms with Gasteiger partial charge in [-0.05, 0) is 5.56 Å². The van der Waals surface area contributed by atoms with Crippen LogP contribution in [0.3, 0.4) is 0 Å². The number of hydrogen-bond donors (Lipinski definition) is 0. The van der Waals surface area contributed by atoms with E-state index in [-0.39, 0.29) is 17.1 Å². The number of esters is 4. The fraction of sp³-hybridized carbons (Fsp3) is 0.300. The van der Waals surface area contributed by atoms with Gasteiger partial charge in [0.25, 0.3) is 0 Å². The molecule has 0 aliphatic heterocycles. The van der Waals surface area contributed by atoms with Crippen molar-refractivity contribution in [3.8, 4) is 0 Å². The molecule has 148 valence electrons. The van der Waals surface area contributed by atoms with Crippen molar-refractivity contribution in [2.24, 2.45) is 5.92 Å². The zero-order chi connectivity index (χ0) is 20.8. The Morgan fingerprint density at radius 3 is 1.96 bits per heavy atom. The molecule has 1 aromatic carbocycles. The topological polar surface area (TPSA) is 105 Å². The van der Waals surface area contributed by atoms with Gasteiger partial charge < -0.3 is 18.9 Å². The lowest BCUT2D eigenvalue weighted by Crippen LogP contribution is -2.34. The summed E-state index contributed by atoms with van der Waals surface area (Å²) in [6, 6.07) is 8.57. The van der Waals surface area contributed by atoms with E-state index in [0.717, 1.165) is 19.9 Å². The minimum atomic E-state index is -1.16. The molecule has 0 aromatic heterocycles. The van der Waals surface area contributed by atoms with Gasteiger partial charge in [-0.2, -0.15) is 0 Å². The maximum atomic E-state index is 12.6. The van der Waals surface area contributed by atoms with Gasteiger partial charge in [0.1, 0.15) is 17.4 Å². The molecule has 0 unspecified atom stereocenters. The van der Waals surface area contributed by atoms with Gasteiger partial charge in [0.05, 0.1) is 19.8 Å². The molecular weight excluding hydrogens is 368 g/mol. The zero-order valence-corrected chi connectivity index (χ0v) is 15.9. The van der Waals surface area contributed by atoms with Crippen molar-refractivity contribution < 1.29 is 38.1 Å². The van der Waals surface area contributed by atoms with Gasteiger partial charge >= 0.3 is 23.9 Å². The van der Waals surface area contributed by atoms with Gasteiger partial charge in [-0.1, -0.05) is 30.3 Å². The Morgan fingerprint density at radius 2 is 1.46 bits per heavy atom. The lowest BCUT2D eigenvalue weighted by atomic mass is 9.75. The third-order valence-corrected chi connectivity index (χ3v) is 4.02. The molecule has 0 amide bonds. The fourth-order valence-corrected chi connectivity index (χ4v) is 3.02. The van der Waals surface area contributed by atoms with E-state index in [1.165, 1.54) is 14.2 Å². The summed E-state index contributed by atoms with van der Waals surface area (Å²) in [5, 5.41) is 0. The van der Waals surface area contributed by atoms with Crippen molar-refractivity contribution >= 4 is 23.9 Å². The standard InChI is InChI=1S/C20H20O8/c1-11(21)27-14-10-15(28-12(2)22)18(20(24)26-4)16(17(14)19(23)25-3)13-8-6-5-7-9-13/h5-10,16-17H,1-4H3/t16-,17-/m1/s1. The van der Waals surface area contributed by atoms with E-state index in [0.29, 0.717) is 5.56 Å². The highest BCUT2D eigenvalue weighted by Gasteiger charge is 2.45. The first-order valence-corrected chi connectivity index (χ1v) is 8.33. The summed E-state index contributed by atoms with van der Waals surface area (Å²) in [6.07, 6.45) is 1.16. The second-order valence-corrected chi connectivity index (χ2v) is 5.89. The van der Waals surface area contributed by atoms with Gasteiger partial charge in [0.2, 0.25) is 0 Å². The normalized spacial score (nSPS) is 18.6. The largest absolute Gasteiger partial charge is 0.468 e. The smallest absolute Gasteiger partial charge is 0.338 e. The van der Waals surface area contributed by atoms with Crippen LogP contribution in [0.5, 0.6) is 0 Å². The Kier molecular flexibility index (Phi) is 6.70. The Morgan fingerprint density at radius 1 is 0.857 bits per heavy atom. The number of carbonyl (C=O) groups is 4. The fourth-order valence-electron chi connectivity index (χ4n) is 3.02. The van der Waals surface area contributed by atoms with Crippen LogP contribution in [-0.2, 0) is 38.1 Å². The summed E-state index contributed by atoms with van der Waals surface area (Å²) in [7, 11) is 2.35. The highest BCUT2D eigenvalue weighted by Crippen LogP contribution is 2.43. The molecule has 8 nitrogen and oxygen atoms in total. The summed E-state index contributed by atoms with van der Waals surface area (Å²) in [6.45, 7) is 2.32. The van der Waals surface area contributed by atoms with E-state index in [2.05, 4.69) is 0 Å². The molecule has 2 atom stereocenters. The van der Waals surface area contributed by atoms with Crippen LogP contribution < -0.4 is 0 Å². The molecule has 0 saturated carbocycles. The number of carbonyl (C=O) groups excluding carboxylic acids is 4. The molecule has 2 rings (SSSR count). The number of allylic oxidation sites excluding steroid dienone is 1. The molecule has 0 radical (unpaired) electrons. The SMILES string of the molecule is COC(=O)C1=C(OC(C)=O)C=C(OC(C)=O)[C@@H](C(=O)OC)[C@H]1c1ccccc1. The first-order valence-electron chi connectivity index (χ1n) is 8.33. The van der Waals surface area contributed by atoms with Gasteiger partial charge in [0.15, 0.2) is 0 Å². The quantitative estimate of drug-likeness (QED) is 0.557. The zero-order valence-electron chi connectivity index (χ0n) is 15.9. The van der Waals surface area contributed by atoms with Crippen LogP contribution in [0.15, 0.2) is 53.5 Å². The Balaban J connectivity index is 2.80. The minimum absolute atomic E-state index is 0.0600. The lowest BCUT2D eigenvalue weighted by molar-refractivity contribution is -0.148. The molecule has 8 heteroatoms. The number of ether oxygens (including phenoxy) is 4. The second-order valence-electron chi connectivity index (χ2n) is 5.89. The molecule has 0 spiro atoms. The van der Waals surface area contributed by atoms with Crippen LogP contribution >= 0.6 is 0 Å². The van der Waals surface area contributed by atoms with Crippen molar-refractivity contribution in [1.29, 1.82) is 0 Å². The first-order chi connectivity index (χ1) is 13.3. The van der Waals surface area contributed by atoms with Crippen LogP contribution in [-0.4, -0.2) is 38.1 Å². The highest BCUT2D eigenvalue weighted by molar-refractivity contribution is 5.95. The summed E-state index contributed by atoms with van der Waals surface area (Å²) >= 11 is 0. The molecule has 1 aliphatic carbocycles. The summed E-state index contributed by atoms with van der Waals surface area (Å²) < 4.78 is 20.1. The molecule has 0 bridgehead atoms. The predicted molar refractivity (Wildman–Crippen MR) is 95.3 cm³/mol. The highest BCUT2D eigenvalue weighted by atomic mass is 16.6. The molecule has 0 N–H and O–H groups in total. The first kappa shape index (κ1) is 20.9. The van der Waals surface area contributed by atoms with E-state index in [1.807, 2.05) is 0 Å². The number of methoxy groups -OCH3 is 2. The maximum Gasteiger partial charge on any atom is 0.338 e. The maximum absolute atomic E-state index is 12.6. The Bertz CT molecular complexity index is 850. The van der Waals surface area contributed by atoms with E-state index < -0.39 is 35.7 Å². The van der Waals surface area contributed by atoms with Crippen LogP contribution in [0.25, 0.3) is 0 Å². The van der Waals surface area contributed by atoms with E-state index in [9.17, 15) is 19.2 Å². The number of benzene rings is 1. The van der Waals surface area contributed by atoms with Crippen LogP contribution in [0.1, 0.15) is 25.3 Å². The summed E-state index contributed by atoms with van der Waals surface area (Å²) in [5.74, 6) is -5.29. The lowest BCUT2D eigenvalue weighted by Gasteiger charge is -2.32. The second kappa shape index (κ2) is 8.98. The van der Waals surface area contributed by atoms with Crippen molar-refractivity contribution in [2.45, 2.75) is 19.8 Å². The third kappa shape index (κ3) is 4.46. The molecule has 1 aromatic rings. The Hall–Kier alpha value is -3.42. The van der Waals surface area contributed by atoms with Gasteiger partial charge in [0, 0.05) is 25.8 Å². The van der Waals surface area contributed by atoms with Crippen LogP contribution in [0, 0.1) is 5.92 Å². The van der Waals surface area contributed by atoms with E-state index >= 15 is 0 Å². The monoisotopic (exact) mass is 388 g/mol. The Labute approximate surface area is 161 Å². The molecule has 28 heavy (non-hydrogen) atoms. The molecule has 0 fully saturated rings. The van der Waals surface area contributed by atoms with Crippen LogP contribution in [0.4, 0.5) is 0 Å². The molecule has 0 saturated heterocycles. The molecule has 0 heterocycles. The minimum Gasteiger partial charge on any atom is -0.468 e. The van der Waals surface area contributed by atoms with Crippen LogP contribution in [0.2, 0.25) is 0 Å². The van der Waals surface area contributed by atoms with E-state index in [4.69, 9.17) is 18.9 Å². The van der Waals surface area contributed by atoms with Gasteiger partial charge in [-0.3, -0.25) is 14.4 Å². The summed E-state index contributed by atoms with van der Waals surface area (Å²) in [5.41, 5.74) is 0.482. The van der Waals surface area contributed by atoms with Crippen molar-refractivity contribution in [3.05, 3.63) is 59.1 Å². The van der Waals surface area contributed by atoms with Crippen molar-refractivity contribution in [1.82, 2.24) is 0 Å². The van der Waals surface area contributed by atoms with Crippen molar-refractivity contribution in [2.75, 3.05) is 14.2 Å². The average Bonchev–Trinajstić information content (AvgIpc) is 2.66. The van der Waals surface area contributed by atoms with Gasteiger partial charge in [-0.15, -0.1) is 0 Å². The number of rotatable bonds is 5. The van der Waals surface area contributed by atoms with E-state index in [1.54, 1.807) is 30.3 Å². The van der Waals surface area contributed by atoms with Gasteiger partial charge in [-0.25, -0.2) is 4.79 Å². The average molecular weight is 388 g/mol. The number of hydrogen-bond acceptors (Lipinski definition) is 8.